The van der Waals surface area contributed by atoms with Gasteiger partial charge in [0.2, 0.25) is 10.0 Å². The molecule has 0 bridgehead atoms. The monoisotopic (exact) mass is 467 g/mol. The van der Waals surface area contributed by atoms with Gasteiger partial charge in [-0.15, -0.1) is 11.3 Å². The Hall–Kier alpha value is -2.18. The van der Waals surface area contributed by atoms with Crippen molar-refractivity contribution in [3.8, 4) is 5.75 Å². The van der Waals surface area contributed by atoms with E-state index in [0.29, 0.717) is 10.2 Å². The van der Waals surface area contributed by atoms with Crippen LogP contribution >= 0.6 is 23.1 Å². The van der Waals surface area contributed by atoms with Crippen molar-refractivity contribution >= 4 is 49.2 Å². The Balaban J connectivity index is 1.84. The van der Waals surface area contributed by atoms with Gasteiger partial charge in [0.05, 0.1) is 22.2 Å². The number of thiazole rings is 1. The molecule has 0 saturated heterocycles. The van der Waals surface area contributed by atoms with Crippen molar-refractivity contribution < 1.29 is 23.2 Å². The smallest absolute Gasteiger partial charge is 0.261 e. The number of methoxy groups -OCH3 is 1. The quantitative estimate of drug-likeness (QED) is 0.344. The highest BCUT2D eigenvalue weighted by molar-refractivity contribution is 8.01. The maximum absolute atomic E-state index is 12.8. The van der Waals surface area contributed by atoms with Gasteiger partial charge in [0.1, 0.15) is 11.8 Å². The maximum atomic E-state index is 12.8. The lowest BCUT2D eigenvalue weighted by molar-refractivity contribution is -0.131. The molecule has 11 heteroatoms. The first-order valence-electron chi connectivity index (χ1n) is 8.92. The van der Waals surface area contributed by atoms with E-state index in [0.717, 1.165) is 15.0 Å². The Morgan fingerprint density at radius 2 is 1.90 bits per heavy atom. The van der Waals surface area contributed by atoms with Crippen molar-refractivity contribution in [3.05, 3.63) is 42.5 Å². The first-order valence-corrected chi connectivity index (χ1v) is 12.0. The topological polar surface area (TPSA) is 118 Å². The lowest BCUT2D eigenvalue weighted by Crippen LogP contribution is -2.48. The number of hydrogen-bond acceptors (Lipinski definition) is 8. The Morgan fingerprint density at radius 3 is 2.50 bits per heavy atom. The van der Waals surface area contributed by atoms with Crippen LogP contribution in [0.4, 0.5) is 0 Å². The van der Waals surface area contributed by atoms with E-state index in [1.165, 1.54) is 40.7 Å². The number of ether oxygens (including phenoxy) is 1. The van der Waals surface area contributed by atoms with Gasteiger partial charge >= 0.3 is 0 Å². The van der Waals surface area contributed by atoms with Crippen LogP contribution in [-0.4, -0.2) is 37.7 Å². The largest absolute Gasteiger partial charge is 0.497 e. The summed E-state index contributed by atoms with van der Waals surface area (Å²) in [5.41, 5.74) is 2.18. The number of sulfonamides is 1. The van der Waals surface area contributed by atoms with Crippen molar-refractivity contribution in [2.24, 2.45) is 5.92 Å². The number of nitrogens with zero attached hydrogens (tertiary/aromatic N) is 1. The van der Waals surface area contributed by atoms with E-state index >= 15 is 0 Å². The Kier molecular flexibility index (Phi) is 6.98. The Labute approximate surface area is 182 Å². The van der Waals surface area contributed by atoms with Crippen LogP contribution in [0.2, 0.25) is 0 Å². The van der Waals surface area contributed by atoms with Crippen LogP contribution in [0.25, 0.3) is 10.2 Å². The first kappa shape index (κ1) is 22.5. The SMILES string of the molecule is COc1ccc(Sc2nc3ccc(S(=O)(=O)N[C@@H](C(=O)NO)C(C)C)cc3s2)cc1. The van der Waals surface area contributed by atoms with E-state index in [2.05, 4.69) is 9.71 Å². The average molecular weight is 468 g/mol. The number of hydroxylamine groups is 1. The number of benzene rings is 2. The van der Waals surface area contributed by atoms with Gasteiger partial charge in [0.25, 0.3) is 5.91 Å². The molecule has 0 spiro atoms. The normalized spacial score (nSPS) is 12.8. The molecule has 0 fully saturated rings. The second-order valence-electron chi connectivity index (χ2n) is 6.71. The molecule has 160 valence electrons. The van der Waals surface area contributed by atoms with Crippen LogP contribution < -0.4 is 14.9 Å². The third-order valence-electron chi connectivity index (χ3n) is 4.26. The molecule has 0 aliphatic rings. The van der Waals surface area contributed by atoms with E-state index < -0.39 is 22.0 Å². The molecule has 1 atom stereocenters. The third-order valence-corrected chi connectivity index (χ3v) is 7.78. The van der Waals surface area contributed by atoms with Crippen molar-refractivity contribution in [1.82, 2.24) is 15.2 Å². The molecule has 0 radical (unpaired) electrons. The minimum absolute atomic E-state index is 0.0241. The van der Waals surface area contributed by atoms with E-state index in [1.54, 1.807) is 27.0 Å². The zero-order chi connectivity index (χ0) is 21.9. The molecule has 0 saturated carbocycles. The number of aromatic nitrogens is 1. The van der Waals surface area contributed by atoms with Crippen LogP contribution in [0.3, 0.4) is 0 Å². The lowest BCUT2D eigenvalue weighted by Gasteiger charge is -2.20. The summed E-state index contributed by atoms with van der Waals surface area (Å²) < 4.78 is 34.5. The van der Waals surface area contributed by atoms with Crippen molar-refractivity contribution in [1.29, 1.82) is 0 Å². The molecular formula is C19H21N3O5S3. The number of fused-ring (bicyclic) bond motifs is 1. The highest BCUT2D eigenvalue weighted by Crippen LogP contribution is 2.35. The number of carbonyl (C=O) groups excluding carboxylic acids is 1. The summed E-state index contributed by atoms with van der Waals surface area (Å²) in [6.07, 6.45) is 0. The van der Waals surface area contributed by atoms with Gasteiger partial charge in [-0.3, -0.25) is 10.0 Å². The van der Waals surface area contributed by atoms with Gasteiger partial charge in [0.15, 0.2) is 4.34 Å². The van der Waals surface area contributed by atoms with Crippen molar-refractivity contribution in [3.63, 3.8) is 0 Å². The summed E-state index contributed by atoms with van der Waals surface area (Å²) in [5, 5.41) is 8.87. The van der Waals surface area contributed by atoms with Gasteiger partial charge in [-0.25, -0.2) is 18.9 Å². The van der Waals surface area contributed by atoms with Crippen LogP contribution in [0.1, 0.15) is 13.8 Å². The zero-order valence-electron chi connectivity index (χ0n) is 16.4. The maximum Gasteiger partial charge on any atom is 0.261 e. The van der Waals surface area contributed by atoms with Crippen molar-refractivity contribution in [2.45, 2.75) is 34.0 Å². The highest BCUT2D eigenvalue weighted by atomic mass is 32.2. The fourth-order valence-electron chi connectivity index (χ4n) is 2.64. The molecule has 30 heavy (non-hydrogen) atoms. The molecule has 1 aromatic heterocycles. The van der Waals surface area contributed by atoms with E-state index in [-0.39, 0.29) is 10.8 Å². The summed E-state index contributed by atoms with van der Waals surface area (Å²) in [7, 11) is -2.37. The van der Waals surface area contributed by atoms with Crippen LogP contribution in [0, 0.1) is 5.92 Å². The van der Waals surface area contributed by atoms with E-state index in [9.17, 15) is 13.2 Å². The second-order valence-corrected chi connectivity index (χ2v) is 10.8. The molecule has 1 amide bonds. The number of rotatable bonds is 8. The molecular weight excluding hydrogens is 446 g/mol. The predicted octanol–water partition coefficient (Wildman–Crippen LogP) is 3.26. The third kappa shape index (κ3) is 5.10. The number of nitrogens with one attached hydrogen (secondary N) is 2. The second kappa shape index (κ2) is 9.31. The Bertz CT molecular complexity index is 1140. The minimum Gasteiger partial charge on any atom is -0.497 e. The van der Waals surface area contributed by atoms with Gasteiger partial charge in [-0.1, -0.05) is 25.6 Å². The standard InChI is InChI=1S/C19H21N3O5S3/c1-11(2)17(18(23)21-24)22-30(25,26)14-8-9-15-16(10-14)29-19(20-15)28-13-6-4-12(27-3)5-7-13/h4-11,17,22,24H,1-3H3,(H,21,23)/t17-/m1/s1. The van der Waals surface area contributed by atoms with E-state index in [1.807, 2.05) is 24.3 Å². The summed E-state index contributed by atoms with van der Waals surface area (Å²) in [4.78, 5) is 17.3. The number of hydrogen-bond donors (Lipinski definition) is 3. The molecule has 0 aliphatic heterocycles. The fraction of sp³-hybridized carbons (Fsp3) is 0.263. The van der Waals surface area contributed by atoms with E-state index in [4.69, 9.17) is 9.94 Å². The lowest BCUT2D eigenvalue weighted by atomic mass is 10.1. The molecule has 0 aliphatic carbocycles. The van der Waals surface area contributed by atoms with Gasteiger partial charge < -0.3 is 4.74 Å². The van der Waals surface area contributed by atoms with Crippen molar-refractivity contribution in [2.75, 3.05) is 7.11 Å². The molecule has 8 nitrogen and oxygen atoms in total. The number of amides is 1. The molecule has 2 aromatic carbocycles. The summed E-state index contributed by atoms with van der Waals surface area (Å²) in [5.74, 6) is -0.405. The molecule has 3 N–H and O–H groups in total. The van der Waals surface area contributed by atoms with Crippen LogP contribution in [-0.2, 0) is 14.8 Å². The van der Waals surface area contributed by atoms with Gasteiger partial charge in [-0.2, -0.15) is 4.72 Å². The molecule has 0 unspecified atom stereocenters. The predicted molar refractivity (Wildman–Crippen MR) is 116 cm³/mol. The average Bonchev–Trinajstić information content (AvgIpc) is 3.13. The summed E-state index contributed by atoms with van der Waals surface area (Å²) in [6, 6.07) is 11.1. The highest BCUT2D eigenvalue weighted by Gasteiger charge is 2.28. The molecule has 3 rings (SSSR count). The Morgan fingerprint density at radius 1 is 1.20 bits per heavy atom. The number of carbonyl (C=O) groups is 1. The first-order chi connectivity index (χ1) is 14.2. The minimum atomic E-state index is -3.97. The van der Waals surface area contributed by atoms with Crippen LogP contribution in [0.15, 0.2) is 56.6 Å². The zero-order valence-corrected chi connectivity index (χ0v) is 18.9. The fourth-order valence-corrected chi connectivity index (χ4v) is 6.16. The van der Waals surface area contributed by atoms with Gasteiger partial charge in [0, 0.05) is 4.90 Å². The van der Waals surface area contributed by atoms with Crippen LogP contribution in [0.5, 0.6) is 5.75 Å². The summed E-state index contributed by atoms with van der Waals surface area (Å²) in [6.45, 7) is 3.36. The van der Waals surface area contributed by atoms with Gasteiger partial charge in [-0.05, 0) is 48.4 Å². The molecule has 1 heterocycles. The molecule has 3 aromatic rings. The summed E-state index contributed by atoms with van der Waals surface area (Å²) >= 11 is 2.85.